The van der Waals surface area contributed by atoms with E-state index in [1.807, 2.05) is 13.1 Å². The maximum Gasteiger partial charge on any atom is 0.253 e. The number of carbonyl (C=O) groups excluding carboxylic acids is 1. The molecular formula is C18H23FN2O. The number of rotatable bonds is 3. The fourth-order valence-corrected chi connectivity index (χ4v) is 3.47. The van der Waals surface area contributed by atoms with Gasteiger partial charge in [0.2, 0.25) is 0 Å². The second-order valence-corrected chi connectivity index (χ2v) is 6.36. The van der Waals surface area contributed by atoms with Crippen LogP contribution in [0.5, 0.6) is 0 Å². The zero-order valence-electron chi connectivity index (χ0n) is 13.1. The molecule has 118 valence electrons. The maximum atomic E-state index is 14.1. The summed E-state index contributed by atoms with van der Waals surface area (Å²) < 4.78 is 15.9. The summed E-state index contributed by atoms with van der Waals surface area (Å²) in [7, 11) is 1.84. The number of halogens is 1. The summed E-state index contributed by atoms with van der Waals surface area (Å²) in [5.41, 5.74) is 1.18. The second kappa shape index (κ2) is 6.51. The number of aromatic nitrogens is 1. The van der Waals surface area contributed by atoms with Gasteiger partial charge in [0.25, 0.3) is 5.91 Å². The molecule has 1 amide bonds. The normalized spacial score (nSPS) is 16.6. The van der Waals surface area contributed by atoms with Crippen LogP contribution >= 0.6 is 0 Å². The summed E-state index contributed by atoms with van der Waals surface area (Å²) in [5, 5.41) is 3.43. The molecule has 1 N–H and O–H groups in total. The van der Waals surface area contributed by atoms with E-state index in [9.17, 15) is 9.18 Å². The van der Waals surface area contributed by atoms with Gasteiger partial charge in [0, 0.05) is 25.2 Å². The highest BCUT2D eigenvalue weighted by Gasteiger charge is 2.18. The molecule has 1 aromatic heterocycles. The predicted molar refractivity (Wildman–Crippen MR) is 86.4 cm³/mol. The van der Waals surface area contributed by atoms with Gasteiger partial charge in [0.15, 0.2) is 0 Å². The van der Waals surface area contributed by atoms with Gasteiger partial charge in [0.05, 0.1) is 11.1 Å². The summed E-state index contributed by atoms with van der Waals surface area (Å²) in [4.78, 5) is 12.5. The Kier molecular flexibility index (Phi) is 4.46. The van der Waals surface area contributed by atoms with E-state index in [2.05, 4.69) is 5.32 Å². The molecule has 3 nitrogen and oxygen atoms in total. The zero-order valence-corrected chi connectivity index (χ0v) is 13.1. The van der Waals surface area contributed by atoms with E-state index in [0.29, 0.717) is 23.4 Å². The first-order valence-corrected chi connectivity index (χ1v) is 8.18. The van der Waals surface area contributed by atoms with Crippen molar-refractivity contribution >= 4 is 16.8 Å². The lowest BCUT2D eigenvalue weighted by Crippen LogP contribution is -2.29. The molecule has 1 aliphatic rings. The quantitative estimate of drug-likeness (QED) is 0.854. The van der Waals surface area contributed by atoms with Gasteiger partial charge in [0.1, 0.15) is 5.82 Å². The Bertz CT molecular complexity index is 669. The molecule has 0 atom stereocenters. The highest BCUT2D eigenvalue weighted by atomic mass is 19.1. The van der Waals surface area contributed by atoms with Crippen LogP contribution in [0.2, 0.25) is 0 Å². The van der Waals surface area contributed by atoms with Crippen LogP contribution in [0.15, 0.2) is 24.4 Å². The molecule has 2 aromatic rings. The number of amides is 1. The third kappa shape index (κ3) is 3.01. The van der Waals surface area contributed by atoms with Crippen molar-refractivity contribution in [3.63, 3.8) is 0 Å². The van der Waals surface area contributed by atoms with Gasteiger partial charge >= 0.3 is 0 Å². The van der Waals surface area contributed by atoms with E-state index in [1.54, 1.807) is 16.8 Å². The SMILES string of the molecule is Cn1cc(C(=O)NCC2CCCCCC2)c2c(F)cccc21. The Morgan fingerprint density at radius 3 is 2.73 bits per heavy atom. The number of fused-ring (bicyclic) bond motifs is 1. The van der Waals surface area contributed by atoms with Gasteiger partial charge in [-0.15, -0.1) is 0 Å². The molecule has 22 heavy (non-hydrogen) atoms. The van der Waals surface area contributed by atoms with Gasteiger partial charge in [-0.2, -0.15) is 0 Å². The van der Waals surface area contributed by atoms with Crippen LogP contribution in [-0.4, -0.2) is 17.0 Å². The first kappa shape index (κ1) is 15.1. The van der Waals surface area contributed by atoms with Crippen molar-refractivity contribution in [3.05, 3.63) is 35.8 Å². The summed E-state index contributed by atoms with van der Waals surface area (Å²) in [6.07, 6.45) is 9.20. The molecule has 0 aliphatic heterocycles. The molecule has 0 saturated heterocycles. The number of nitrogens with zero attached hydrogens (tertiary/aromatic N) is 1. The standard InChI is InChI=1S/C18H23FN2O/c1-21-12-14(17-15(19)9-6-10-16(17)21)18(22)20-11-13-7-4-2-3-5-8-13/h6,9-10,12-13H,2-5,7-8,11H2,1H3,(H,20,22). The fraction of sp³-hybridized carbons (Fsp3) is 0.500. The number of hydrogen-bond acceptors (Lipinski definition) is 1. The Labute approximate surface area is 130 Å². The average molecular weight is 302 g/mol. The Balaban J connectivity index is 1.75. The highest BCUT2D eigenvalue weighted by Crippen LogP contribution is 2.25. The number of aryl methyl sites for hydroxylation is 1. The minimum Gasteiger partial charge on any atom is -0.352 e. The molecule has 1 fully saturated rings. The van der Waals surface area contributed by atoms with Crippen LogP contribution < -0.4 is 5.32 Å². The average Bonchev–Trinajstić information content (AvgIpc) is 2.70. The molecule has 0 bridgehead atoms. The summed E-state index contributed by atoms with van der Waals surface area (Å²) >= 11 is 0. The third-order valence-electron chi connectivity index (χ3n) is 4.73. The molecule has 0 radical (unpaired) electrons. The van der Waals surface area contributed by atoms with Crippen molar-refractivity contribution in [2.75, 3.05) is 6.54 Å². The third-order valence-corrected chi connectivity index (χ3v) is 4.73. The Hall–Kier alpha value is -1.84. The number of benzene rings is 1. The van der Waals surface area contributed by atoms with Crippen molar-refractivity contribution in [2.45, 2.75) is 38.5 Å². The van der Waals surface area contributed by atoms with E-state index in [-0.39, 0.29) is 11.7 Å². The Morgan fingerprint density at radius 1 is 1.27 bits per heavy atom. The van der Waals surface area contributed by atoms with Gasteiger partial charge in [-0.05, 0) is 30.9 Å². The largest absolute Gasteiger partial charge is 0.352 e. The lowest BCUT2D eigenvalue weighted by atomic mass is 10.0. The summed E-state index contributed by atoms with van der Waals surface area (Å²) in [6.45, 7) is 0.698. The van der Waals surface area contributed by atoms with Crippen LogP contribution in [0.3, 0.4) is 0 Å². The maximum absolute atomic E-state index is 14.1. The van der Waals surface area contributed by atoms with Gasteiger partial charge in [-0.1, -0.05) is 31.7 Å². The molecular weight excluding hydrogens is 279 g/mol. The van der Waals surface area contributed by atoms with Crippen LogP contribution in [0.25, 0.3) is 10.9 Å². The van der Waals surface area contributed by atoms with E-state index in [0.717, 1.165) is 5.52 Å². The lowest BCUT2D eigenvalue weighted by molar-refractivity contribution is 0.0947. The van der Waals surface area contributed by atoms with Crippen molar-refractivity contribution < 1.29 is 9.18 Å². The van der Waals surface area contributed by atoms with Crippen LogP contribution in [0.4, 0.5) is 4.39 Å². The second-order valence-electron chi connectivity index (χ2n) is 6.36. The van der Waals surface area contributed by atoms with Crippen LogP contribution in [0, 0.1) is 11.7 Å². The minimum absolute atomic E-state index is 0.167. The smallest absolute Gasteiger partial charge is 0.253 e. The number of carbonyl (C=O) groups is 1. The van der Waals surface area contributed by atoms with Gasteiger partial charge < -0.3 is 9.88 Å². The van der Waals surface area contributed by atoms with E-state index in [4.69, 9.17) is 0 Å². The fourth-order valence-electron chi connectivity index (χ4n) is 3.47. The first-order chi connectivity index (χ1) is 10.7. The van der Waals surface area contributed by atoms with E-state index in [1.165, 1.54) is 44.6 Å². The molecule has 1 saturated carbocycles. The highest BCUT2D eigenvalue weighted by molar-refractivity contribution is 6.07. The van der Waals surface area contributed by atoms with E-state index >= 15 is 0 Å². The summed E-state index contributed by atoms with van der Waals surface area (Å²) in [5.74, 6) is 0.0592. The molecule has 1 aromatic carbocycles. The number of hydrogen-bond donors (Lipinski definition) is 1. The molecule has 0 unspecified atom stereocenters. The topological polar surface area (TPSA) is 34.0 Å². The first-order valence-electron chi connectivity index (χ1n) is 8.18. The minimum atomic E-state index is -0.335. The zero-order chi connectivity index (χ0) is 15.5. The van der Waals surface area contributed by atoms with Gasteiger partial charge in [-0.25, -0.2) is 4.39 Å². The molecule has 0 spiro atoms. The van der Waals surface area contributed by atoms with Crippen LogP contribution in [-0.2, 0) is 7.05 Å². The van der Waals surface area contributed by atoms with Crippen molar-refractivity contribution in [1.29, 1.82) is 0 Å². The summed E-state index contributed by atoms with van der Waals surface area (Å²) in [6, 6.07) is 4.91. The molecule has 1 heterocycles. The molecule has 1 aliphatic carbocycles. The van der Waals surface area contributed by atoms with Crippen LogP contribution in [0.1, 0.15) is 48.9 Å². The predicted octanol–water partition coefficient (Wildman–Crippen LogP) is 4.02. The molecule has 4 heteroatoms. The van der Waals surface area contributed by atoms with Crippen molar-refractivity contribution in [2.24, 2.45) is 13.0 Å². The van der Waals surface area contributed by atoms with Gasteiger partial charge in [-0.3, -0.25) is 4.79 Å². The van der Waals surface area contributed by atoms with E-state index < -0.39 is 0 Å². The van der Waals surface area contributed by atoms with Crippen molar-refractivity contribution in [1.82, 2.24) is 9.88 Å². The van der Waals surface area contributed by atoms with Crippen molar-refractivity contribution in [3.8, 4) is 0 Å². The lowest BCUT2D eigenvalue weighted by Gasteiger charge is -2.14. The Morgan fingerprint density at radius 2 is 2.00 bits per heavy atom. The monoisotopic (exact) mass is 302 g/mol. The molecule has 3 rings (SSSR count). The number of nitrogens with one attached hydrogen (secondary N) is 1.